The van der Waals surface area contributed by atoms with E-state index in [1.54, 1.807) is 0 Å². The van der Waals surface area contributed by atoms with Gasteiger partial charge in [0.2, 0.25) is 0 Å². The minimum Gasteiger partial charge on any atom is -0.462 e. The zero-order chi connectivity index (χ0) is 47.5. The summed E-state index contributed by atoms with van der Waals surface area (Å²) in [4.78, 5) is 38.1. The third kappa shape index (κ3) is 51.6. The Bertz CT molecular complexity index is 995. The molecule has 386 valence electrons. The van der Waals surface area contributed by atoms with Crippen LogP contribution in [0.25, 0.3) is 0 Å². The van der Waals surface area contributed by atoms with Crippen molar-refractivity contribution in [2.75, 3.05) is 13.2 Å². The number of rotatable bonds is 53. The van der Waals surface area contributed by atoms with Gasteiger partial charge < -0.3 is 14.2 Å². The van der Waals surface area contributed by atoms with Crippen LogP contribution >= 0.6 is 0 Å². The summed E-state index contributed by atoms with van der Waals surface area (Å²) in [6.45, 7) is 11.4. The van der Waals surface area contributed by atoms with Crippen molar-refractivity contribution < 1.29 is 28.6 Å². The molecule has 0 N–H and O–H groups in total. The Balaban J connectivity index is 4.17. The fraction of sp³-hybridized carbons (Fsp3) is 0.949. The lowest BCUT2D eigenvalue weighted by molar-refractivity contribution is -0.167. The molecule has 0 rings (SSSR count). The molecule has 0 spiro atoms. The first-order valence-corrected chi connectivity index (χ1v) is 29.3. The van der Waals surface area contributed by atoms with Crippen LogP contribution in [0, 0.1) is 11.8 Å². The second-order valence-corrected chi connectivity index (χ2v) is 21.0. The summed E-state index contributed by atoms with van der Waals surface area (Å²) in [5.74, 6) is 0.844. The van der Waals surface area contributed by atoms with E-state index in [2.05, 4.69) is 34.6 Å². The van der Waals surface area contributed by atoms with E-state index in [-0.39, 0.29) is 31.1 Å². The number of hydrogen-bond donors (Lipinski definition) is 0. The number of esters is 3. The van der Waals surface area contributed by atoms with Gasteiger partial charge in [0.15, 0.2) is 6.10 Å². The molecule has 0 aliphatic heterocycles. The van der Waals surface area contributed by atoms with Gasteiger partial charge in [0.05, 0.1) is 0 Å². The van der Waals surface area contributed by atoms with Crippen molar-refractivity contribution in [2.24, 2.45) is 11.8 Å². The predicted octanol–water partition coefficient (Wildman–Crippen LogP) is 19.3. The van der Waals surface area contributed by atoms with Crippen LogP contribution in [0.5, 0.6) is 0 Å². The van der Waals surface area contributed by atoms with Gasteiger partial charge in [-0.1, -0.05) is 291 Å². The van der Waals surface area contributed by atoms with E-state index in [9.17, 15) is 14.4 Å². The van der Waals surface area contributed by atoms with E-state index in [4.69, 9.17) is 14.2 Å². The van der Waals surface area contributed by atoms with E-state index in [1.807, 2.05) is 0 Å². The summed E-state index contributed by atoms with van der Waals surface area (Å²) in [5, 5.41) is 0. The summed E-state index contributed by atoms with van der Waals surface area (Å²) >= 11 is 0. The van der Waals surface area contributed by atoms with E-state index >= 15 is 0 Å². The zero-order valence-corrected chi connectivity index (χ0v) is 44.6. The molecule has 65 heavy (non-hydrogen) atoms. The van der Waals surface area contributed by atoms with Crippen LogP contribution in [0.3, 0.4) is 0 Å². The molecular formula is C59H114O6. The van der Waals surface area contributed by atoms with Gasteiger partial charge in [-0.25, -0.2) is 0 Å². The Labute approximate surface area is 406 Å². The van der Waals surface area contributed by atoms with Crippen LogP contribution in [0.4, 0.5) is 0 Å². The summed E-state index contributed by atoms with van der Waals surface area (Å²) in [5.41, 5.74) is 0. The molecule has 0 amide bonds. The maximum absolute atomic E-state index is 12.8. The lowest BCUT2D eigenvalue weighted by Crippen LogP contribution is -2.30. The standard InChI is InChI=1S/C59H114O6/c1-6-8-9-10-11-12-13-14-19-23-26-29-34-39-44-49-57(60)63-52-56(65-59(62)51-46-41-36-31-32-37-42-47-54(3)4)53-64-58(61)50-45-40-35-30-27-24-21-18-16-15-17-20-22-25-28-33-38-43-48-55(5)7-2/h54-56H,6-53H2,1-5H3/t55?,56-/m1/s1. The molecule has 0 aromatic rings. The lowest BCUT2D eigenvalue weighted by atomic mass is 9.99. The van der Waals surface area contributed by atoms with Crippen molar-refractivity contribution in [1.29, 1.82) is 0 Å². The molecule has 0 radical (unpaired) electrons. The molecule has 0 fully saturated rings. The SMILES string of the molecule is CCCCCCCCCCCCCCCCCC(=O)OC[C@H](COC(=O)CCCCCCCCCCCCCCCCCCCCC(C)CC)OC(=O)CCCCCCCCCC(C)C. The second-order valence-electron chi connectivity index (χ2n) is 21.0. The second kappa shape index (κ2) is 51.8. The molecule has 0 aromatic heterocycles. The molecule has 2 atom stereocenters. The Morgan fingerprint density at radius 1 is 0.323 bits per heavy atom. The zero-order valence-electron chi connectivity index (χ0n) is 44.6. The largest absolute Gasteiger partial charge is 0.462 e. The number of carbonyl (C=O) groups is 3. The first kappa shape index (κ1) is 63.4. The minimum absolute atomic E-state index is 0.0636. The molecule has 0 bridgehead atoms. The van der Waals surface area contributed by atoms with Gasteiger partial charge in [0.1, 0.15) is 13.2 Å². The van der Waals surface area contributed by atoms with Crippen molar-refractivity contribution in [2.45, 2.75) is 336 Å². The Morgan fingerprint density at radius 3 is 0.877 bits per heavy atom. The maximum atomic E-state index is 12.8. The van der Waals surface area contributed by atoms with Crippen molar-refractivity contribution in [1.82, 2.24) is 0 Å². The normalized spacial score (nSPS) is 12.5. The summed E-state index contributed by atoms with van der Waals surface area (Å²) in [6.07, 6.45) is 55.3. The van der Waals surface area contributed by atoms with Crippen LogP contribution in [0.15, 0.2) is 0 Å². The van der Waals surface area contributed by atoms with E-state index < -0.39 is 6.10 Å². The van der Waals surface area contributed by atoms with Crippen LogP contribution in [-0.4, -0.2) is 37.2 Å². The third-order valence-electron chi connectivity index (χ3n) is 13.8. The van der Waals surface area contributed by atoms with Crippen molar-refractivity contribution >= 4 is 17.9 Å². The Kier molecular flexibility index (Phi) is 50.5. The molecule has 0 aliphatic rings. The summed E-state index contributed by atoms with van der Waals surface area (Å²) < 4.78 is 16.9. The Morgan fingerprint density at radius 2 is 0.585 bits per heavy atom. The highest BCUT2D eigenvalue weighted by molar-refractivity contribution is 5.71. The Hall–Kier alpha value is -1.59. The van der Waals surface area contributed by atoms with Crippen LogP contribution in [0.1, 0.15) is 330 Å². The molecular weight excluding hydrogens is 805 g/mol. The van der Waals surface area contributed by atoms with Gasteiger partial charge in [-0.15, -0.1) is 0 Å². The number of hydrogen-bond acceptors (Lipinski definition) is 6. The average Bonchev–Trinajstić information content (AvgIpc) is 3.29. The fourth-order valence-corrected chi connectivity index (χ4v) is 9.02. The van der Waals surface area contributed by atoms with Crippen LogP contribution < -0.4 is 0 Å². The van der Waals surface area contributed by atoms with E-state index in [0.717, 1.165) is 69.6 Å². The average molecular weight is 920 g/mol. The van der Waals surface area contributed by atoms with Gasteiger partial charge >= 0.3 is 17.9 Å². The van der Waals surface area contributed by atoms with Gasteiger partial charge in [-0.3, -0.25) is 14.4 Å². The molecule has 0 heterocycles. The monoisotopic (exact) mass is 919 g/mol. The minimum atomic E-state index is -0.763. The highest BCUT2D eigenvalue weighted by Crippen LogP contribution is 2.19. The smallest absolute Gasteiger partial charge is 0.306 e. The van der Waals surface area contributed by atoms with Crippen LogP contribution in [0.2, 0.25) is 0 Å². The first-order chi connectivity index (χ1) is 31.8. The summed E-state index contributed by atoms with van der Waals surface area (Å²) in [6, 6.07) is 0. The predicted molar refractivity (Wildman–Crippen MR) is 280 cm³/mol. The lowest BCUT2D eigenvalue weighted by Gasteiger charge is -2.18. The van der Waals surface area contributed by atoms with Crippen LogP contribution in [-0.2, 0) is 28.6 Å². The van der Waals surface area contributed by atoms with Gasteiger partial charge in [-0.05, 0) is 31.1 Å². The molecule has 0 saturated heterocycles. The topological polar surface area (TPSA) is 78.9 Å². The quantitative estimate of drug-likeness (QED) is 0.0344. The van der Waals surface area contributed by atoms with Gasteiger partial charge in [-0.2, -0.15) is 0 Å². The molecule has 0 saturated carbocycles. The maximum Gasteiger partial charge on any atom is 0.306 e. The molecule has 0 aliphatic carbocycles. The van der Waals surface area contributed by atoms with Crippen molar-refractivity contribution in [3.8, 4) is 0 Å². The molecule has 6 nitrogen and oxygen atoms in total. The van der Waals surface area contributed by atoms with Crippen molar-refractivity contribution in [3.05, 3.63) is 0 Å². The number of carbonyl (C=O) groups excluding carboxylic acids is 3. The first-order valence-electron chi connectivity index (χ1n) is 29.3. The molecule has 6 heteroatoms. The third-order valence-corrected chi connectivity index (χ3v) is 13.8. The van der Waals surface area contributed by atoms with Gasteiger partial charge in [0.25, 0.3) is 0 Å². The van der Waals surface area contributed by atoms with E-state index in [1.165, 1.54) is 218 Å². The van der Waals surface area contributed by atoms with E-state index in [0.29, 0.717) is 19.3 Å². The highest BCUT2D eigenvalue weighted by Gasteiger charge is 2.19. The van der Waals surface area contributed by atoms with Gasteiger partial charge in [0, 0.05) is 19.3 Å². The fourth-order valence-electron chi connectivity index (χ4n) is 9.02. The molecule has 0 aromatic carbocycles. The highest BCUT2D eigenvalue weighted by atomic mass is 16.6. The number of ether oxygens (including phenoxy) is 3. The summed E-state index contributed by atoms with van der Waals surface area (Å²) in [7, 11) is 0. The molecule has 1 unspecified atom stereocenters. The van der Waals surface area contributed by atoms with Crippen molar-refractivity contribution in [3.63, 3.8) is 0 Å². The number of unbranched alkanes of at least 4 members (excludes halogenated alkanes) is 37.